The van der Waals surface area contributed by atoms with Crippen molar-refractivity contribution in [2.45, 2.75) is 39.3 Å². The lowest BCUT2D eigenvalue weighted by molar-refractivity contribution is 0.402. The fourth-order valence-electron chi connectivity index (χ4n) is 3.08. The molecule has 21 heavy (non-hydrogen) atoms. The number of piperazine rings is 1. The highest BCUT2D eigenvalue weighted by molar-refractivity contribution is 5.45. The minimum Gasteiger partial charge on any atom is -0.339 e. The molecule has 1 aromatic heterocycles. The summed E-state index contributed by atoms with van der Waals surface area (Å²) in [6, 6.07) is 11.5. The summed E-state index contributed by atoms with van der Waals surface area (Å²) in [5.41, 5.74) is 2.33. The van der Waals surface area contributed by atoms with Crippen molar-refractivity contribution in [1.82, 2.24) is 14.9 Å². The standard InChI is InChI=1S/C17H24N4/c1-4-15-12-21(16-8-6-5-7-9-16)17(19-15)20-10-13(2)18-14(3)11-20/h5-9,12-14,18H,4,10-11H2,1-3H3. The van der Waals surface area contributed by atoms with Crippen LogP contribution in [0.15, 0.2) is 36.5 Å². The van der Waals surface area contributed by atoms with Gasteiger partial charge in [-0.05, 0) is 32.4 Å². The maximum absolute atomic E-state index is 4.86. The minimum atomic E-state index is 0.486. The molecular weight excluding hydrogens is 260 g/mol. The molecule has 1 aliphatic rings. The predicted molar refractivity (Wildman–Crippen MR) is 87.2 cm³/mol. The van der Waals surface area contributed by atoms with Crippen LogP contribution in [-0.2, 0) is 6.42 Å². The SMILES string of the molecule is CCc1cn(-c2ccccc2)c(N2CC(C)NC(C)C2)n1. The Morgan fingerprint density at radius 3 is 2.43 bits per heavy atom. The van der Waals surface area contributed by atoms with Gasteiger partial charge in [-0.15, -0.1) is 0 Å². The third-order valence-corrected chi connectivity index (χ3v) is 3.97. The molecule has 2 aromatic rings. The number of imidazole rings is 1. The van der Waals surface area contributed by atoms with Crippen LogP contribution >= 0.6 is 0 Å². The zero-order chi connectivity index (χ0) is 14.8. The first-order chi connectivity index (χ1) is 10.2. The summed E-state index contributed by atoms with van der Waals surface area (Å²) in [4.78, 5) is 7.26. The van der Waals surface area contributed by atoms with Crippen LogP contribution in [0.25, 0.3) is 5.69 Å². The number of aromatic nitrogens is 2. The lowest BCUT2D eigenvalue weighted by Crippen LogP contribution is -2.54. The second-order valence-corrected chi connectivity index (χ2v) is 5.97. The van der Waals surface area contributed by atoms with Gasteiger partial charge in [0.05, 0.1) is 5.69 Å². The third kappa shape index (κ3) is 2.95. The molecule has 0 bridgehead atoms. The largest absolute Gasteiger partial charge is 0.339 e. The normalized spacial score (nSPS) is 22.5. The topological polar surface area (TPSA) is 33.1 Å². The Hall–Kier alpha value is -1.81. The fraction of sp³-hybridized carbons (Fsp3) is 0.471. The van der Waals surface area contributed by atoms with Gasteiger partial charge >= 0.3 is 0 Å². The maximum Gasteiger partial charge on any atom is 0.210 e. The van der Waals surface area contributed by atoms with E-state index in [1.54, 1.807) is 0 Å². The Kier molecular flexibility index (Phi) is 3.97. The van der Waals surface area contributed by atoms with Crippen molar-refractivity contribution in [2.24, 2.45) is 0 Å². The Morgan fingerprint density at radius 1 is 1.14 bits per heavy atom. The molecule has 1 aliphatic heterocycles. The molecule has 1 aromatic carbocycles. The van der Waals surface area contributed by atoms with E-state index in [0.29, 0.717) is 12.1 Å². The van der Waals surface area contributed by atoms with Crippen molar-refractivity contribution in [3.8, 4) is 5.69 Å². The number of nitrogens with zero attached hydrogens (tertiary/aromatic N) is 3. The zero-order valence-corrected chi connectivity index (χ0v) is 13.1. The molecule has 2 heterocycles. The Bertz CT molecular complexity index is 580. The molecule has 1 fully saturated rings. The van der Waals surface area contributed by atoms with Gasteiger partial charge in [0, 0.05) is 37.1 Å². The van der Waals surface area contributed by atoms with Crippen LogP contribution in [-0.4, -0.2) is 34.7 Å². The second-order valence-electron chi connectivity index (χ2n) is 5.97. The summed E-state index contributed by atoms with van der Waals surface area (Å²) in [6.45, 7) is 8.62. The van der Waals surface area contributed by atoms with Crippen molar-refractivity contribution in [3.63, 3.8) is 0 Å². The first kappa shape index (κ1) is 14.1. The van der Waals surface area contributed by atoms with Gasteiger partial charge in [-0.2, -0.15) is 0 Å². The second kappa shape index (κ2) is 5.90. The molecule has 3 rings (SSSR count). The summed E-state index contributed by atoms with van der Waals surface area (Å²) < 4.78 is 2.23. The molecular formula is C17H24N4. The number of nitrogens with one attached hydrogen (secondary N) is 1. The van der Waals surface area contributed by atoms with Crippen molar-refractivity contribution in [2.75, 3.05) is 18.0 Å². The summed E-state index contributed by atoms with van der Waals surface area (Å²) in [6.07, 6.45) is 3.13. The highest BCUT2D eigenvalue weighted by Crippen LogP contribution is 2.22. The highest BCUT2D eigenvalue weighted by Gasteiger charge is 2.25. The van der Waals surface area contributed by atoms with Gasteiger partial charge < -0.3 is 10.2 Å². The Balaban J connectivity index is 1.99. The van der Waals surface area contributed by atoms with Gasteiger partial charge in [0.25, 0.3) is 0 Å². The molecule has 0 aliphatic carbocycles. The van der Waals surface area contributed by atoms with Crippen LogP contribution in [0, 0.1) is 0 Å². The molecule has 0 amide bonds. The van der Waals surface area contributed by atoms with Gasteiger partial charge in [0.2, 0.25) is 5.95 Å². The molecule has 0 spiro atoms. The van der Waals surface area contributed by atoms with Crippen molar-refractivity contribution < 1.29 is 0 Å². The van der Waals surface area contributed by atoms with Gasteiger partial charge in [-0.25, -0.2) is 4.98 Å². The van der Waals surface area contributed by atoms with E-state index in [9.17, 15) is 0 Å². The third-order valence-electron chi connectivity index (χ3n) is 3.97. The van der Waals surface area contributed by atoms with E-state index in [1.165, 1.54) is 5.69 Å². The van der Waals surface area contributed by atoms with E-state index in [4.69, 9.17) is 4.98 Å². The van der Waals surface area contributed by atoms with Crippen LogP contribution in [0.5, 0.6) is 0 Å². The molecule has 4 nitrogen and oxygen atoms in total. The quantitative estimate of drug-likeness (QED) is 0.940. The predicted octanol–water partition coefficient (Wildman–Crippen LogP) is 2.62. The number of aryl methyl sites for hydroxylation is 1. The molecule has 2 atom stereocenters. The van der Waals surface area contributed by atoms with Gasteiger partial charge in [0.15, 0.2) is 0 Å². The lowest BCUT2D eigenvalue weighted by Gasteiger charge is -2.36. The van der Waals surface area contributed by atoms with Crippen LogP contribution in [0.3, 0.4) is 0 Å². The first-order valence-electron chi connectivity index (χ1n) is 7.82. The molecule has 1 N–H and O–H groups in total. The number of hydrogen-bond donors (Lipinski definition) is 1. The van der Waals surface area contributed by atoms with Crippen molar-refractivity contribution >= 4 is 5.95 Å². The van der Waals surface area contributed by atoms with E-state index in [-0.39, 0.29) is 0 Å². The number of rotatable bonds is 3. The van der Waals surface area contributed by atoms with E-state index in [0.717, 1.165) is 31.2 Å². The van der Waals surface area contributed by atoms with Gasteiger partial charge in [-0.3, -0.25) is 4.57 Å². The zero-order valence-electron chi connectivity index (χ0n) is 13.1. The van der Waals surface area contributed by atoms with Gasteiger partial charge in [0.1, 0.15) is 0 Å². The van der Waals surface area contributed by atoms with Crippen LogP contribution < -0.4 is 10.2 Å². The summed E-state index contributed by atoms with van der Waals surface area (Å²) in [7, 11) is 0. The number of hydrogen-bond acceptors (Lipinski definition) is 3. The van der Waals surface area contributed by atoms with Crippen LogP contribution in [0.4, 0.5) is 5.95 Å². The van der Waals surface area contributed by atoms with E-state index < -0.39 is 0 Å². The minimum absolute atomic E-state index is 0.486. The maximum atomic E-state index is 4.86. The average molecular weight is 284 g/mol. The summed E-state index contributed by atoms with van der Waals surface area (Å²) in [5, 5.41) is 3.58. The molecule has 2 unspecified atom stereocenters. The monoisotopic (exact) mass is 284 g/mol. The summed E-state index contributed by atoms with van der Waals surface area (Å²) in [5.74, 6) is 1.07. The average Bonchev–Trinajstić information content (AvgIpc) is 2.91. The molecule has 112 valence electrons. The highest BCUT2D eigenvalue weighted by atomic mass is 15.3. The van der Waals surface area contributed by atoms with Crippen LogP contribution in [0.1, 0.15) is 26.5 Å². The number of anilines is 1. The van der Waals surface area contributed by atoms with Crippen LogP contribution in [0.2, 0.25) is 0 Å². The number of para-hydroxylation sites is 1. The first-order valence-corrected chi connectivity index (χ1v) is 7.82. The smallest absolute Gasteiger partial charge is 0.210 e. The molecule has 4 heteroatoms. The lowest BCUT2D eigenvalue weighted by atomic mass is 10.1. The van der Waals surface area contributed by atoms with E-state index >= 15 is 0 Å². The Labute approximate surface area is 126 Å². The number of benzene rings is 1. The molecule has 1 saturated heterocycles. The van der Waals surface area contributed by atoms with E-state index in [1.807, 2.05) is 0 Å². The van der Waals surface area contributed by atoms with Gasteiger partial charge in [-0.1, -0.05) is 25.1 Å². The molecule has 0 radical (unpaired) electrons. The Morgan fingerprint density at radius 2 is 1.81 bits per heavy atom. The summed E-state index contributed by atoms with van der Waals surface area (Å²) >= 11 is 0. The van der Waals surface area contributed by atoms with E-state index in [2.05, 4.69) is 72.1 Å². The van der Waals surface area contributed by atoms with Crippen molar-refractivity contribution in [3.05, 3.63) is 42.2 Å². The van der Waals surface area contributed by atoms with Crippen molar-refractivity contribution in [1.29, 1.82) is 0 Å². The molecule has 0 saturated carbocycles. The fourth-order valence-corrected chi connectivity index (χ4v) is 3.08.